The van der Waals surface area contributed by atoms with Gasteiger partial charge in [-0.25, -0.2) is 0 Å². The van der Waals surface area contributed by atoms with Gasteiger partial charge in [0.1, 0.15) is 0 Å². The second-order valence-electron chi connectivity index (χ2n) is 3.04. The molecule has 0 atom stereocenters. The molecule has 0 saturated heterocycles. The molecular formula is C12H15NO2. The zero-order valence-electron chi connectivity index (χ0n) is 8.99. The first-order valence-corrected chi connectivity index (χ1v) is 4.88. The Morgan fingerprint density at radius 3 is 2.60 bits per heavy atom. The molecule has 0 fully saturated rings. The topological polar surface area (TPSA) is 38.3 Å². The van der Waals surface area contributed by atoms with E-state index in [0.29, 0.717) is 12.2 Å². The summed E-state index contributed by atoms with van der Waals surface area (Å²) in [5, 5.41) is 3.03. The molecule has 1 aromatic rings. The fourth-order valence-electron chi connectivity index (χ4n) is 1.08. The first kappa shape index (κ1) is 11.3. The summed E-state index contributed by atoms with van der Waals surface area (Å²) in [6.07, 6.45) is 3.31. The molecular weight excluding hydrogens is 190 g/mol. The van der Waals surface area contributed by atoms with E-state index in [1.54, 1.807) is 31.5 Å². The van der Waals surface area contributed by atoms with Crippen molar-refractivity contribution >= 4 is 11.5 Å². The number of benzene rings is 1. The quantitative estimate of drug-likeness (QED) is 0.593. The highest BCUT2D eigenvalue weighted by Gasteiger charge is 1.97. The number of ketones is 1. The van der Waals surface area contributed by atoms with Crippen LogP contribution in [-0.4, -0.2) is 12.4 Å². The van der Waals surface area contributed by atoms with Crippen LogP contribution >= 0.6 is 0 Å². The SMILES string of the molecule is CCO/C=C\Nc1ccc(C(C)=O)cc1. The summed E-state index contributed by atoms with van der Waals surface area (Å²) in [4.78, 5) is 11.0. The average molecular weight is 205 g/mol. The van der Waals surface area contributed by atoms with E-state index in [4.69, 9.17) is 4.74 Å². The number of ether oxygens (including phenoxy) is 1. The van der Waals surface area contributed by atoms with E-state index in [2.05, 4.69) is 5.32 Å². The molecule has 1 aromatic carbocycles. The zero-order valence-corrected chi connectivity index (χ0v) is 8.99. The molecule has 15 heavy (non-hydrogen) atoms. The highest BCUT2D eigenvalue weighted by molar-refractivity contribution is 5.94. The minimum absolute atomic E-state index is 0.0754. The lowest BCUT2D eigenvalue weighted by molar-refractivity contribution is 0.101. The summed E-state index contributed by atoms with van der Waals surface area (Å²) in [7, 11) is 0. The van der Waals surface area contributed by atoms with E-state index in [1.165, 1.54) is 0 Å². The van der Waals surface area contributed by atoms with Crippen LogP contribution in [0, 0.1) is 0 Å². The fourth-order valence-corrected chi connectivity index (χ4v) is 1.08. The number of carbonyl (C=O) groups is 1. The minimum Gasteiger partial charge on any atom is -0.500 e. The van der Waals surface area contributed by atoms with Gasteiger partial charge in [0.2, 0.25) is 0 Å². The summed E-state index contributed by atoms with van der Waals surface area (Å²) in [6, 6.07) is 7.29. The molecule has 0 aliphatic carbocycles. The van der Waals surface area contributed by atoms with Crippen molar-refractivity contribution in [3.63, 3.8) is 0 Å². The Bertz CT molecular complexity index is 341. The lowest BCUT2D eigenvalue weighted by Gasteiger charge is -2.01. The molecule has 0 saturated carbocycles. The van der Waals surface area contributed by atoms with Crippen molar-refractivity contribution in [1.29, 1.82) is 0 Å². The third-order valence-corrected chi connectivity index (χ3v) is 1.87. The third-order valence-electron chi connectivity index (χ3n) is 1.87. The molecule has 0 spiro atoms. The second kappa shape index (κ2) is 5.86. The molecule has 0 heterocycles. The maximum absolute atomic E-state index is 11.0. The molecule has 0 aliphatic heterocycles. The zero-order chi connectivity index (χ0) is 11.1. The number of anilines is 1. The number of Topliss-reactive ketones (excluding diaryl/α,β-unsaturated/α-hetero) is 1. The van der Waals surface area contributed by atoms with Crippen molar-refractivity contribution in [2.45, 2.75) is 13.8 Å². The maximum Gasteiger partial charge on any atom is 0.159 e. The highest BCUT2D eigenvalue weighted by atomic mass is 16.5. The summed E-state index contributed by atoms with van der Waals surface area (Å²) >= 11 is 0. The van der Waals surface area contributed by atoms with Crippen molar-refractivity contribution in [2.24, 2.45) is 0 Å². The van der Waals surface area contributed by atoms with Gasteiger partial charge in [-0.2, -0.15) is 0 Å². The van der Waals surface area contributed by atoms with E-state index < -0.39 is 0 Å². The molecule has 0 aromatic heterocycles. The number of rotatable bonds is 5. The van der Waals surface area contributed by atoms with Gasteiger partial charge in [-0.15, -0.1) is 0 Å². The Morgan fingerprint density at radius 2 is 2.07 bits per heavy atom. The molecule has 1 rings (SSSR count). The van der Waals surface area contributed by atoms with E-state index in [9.17, 15) is 4.79 Å². The van der Waals surface area contributed by atoms with E-state index >= 15 is 0 Å². The Morgan fingerprint density at radius 1 is 1.40 bits per heavy atom. The monoisotopic (exact) mass is 205 g/mol. The van der Waals surface area contributed by atoms with Crippen LogP contribution in [0.2, 0.25) is 0 Å². The summed E-state index contributed by atoms with van der Waals surface area (Å²) < 4.78 is 5.02. The smallest absolute Gasteiger partial charge is 0.159 e. The molecule has 80 valence electrons. The summed E-state index contributed by atoms with van der Waals surface area (Å²) in [6.45, 7) is 4.13. The van der Waals surface area contributed by atoms with Gasteiger partial charge in [-0.05, 0) is 38.1 Å². The Labute approximate surface area is 89.8 Å². The van der Waals surface area contributed by atoms with Gasteiger partial charge >= 0.3 is 0 Å². The van der Waals surface area contributed by atoms with E-state index in [-0.39, 0.29) is 5.78 Å². The standard InChI is InChI=1S/C12H15NO2/c1-3-15-9-8-13-12-6-4-11(5-7-12)10(2)14/h4-9,13H,3H2,1-2H3/b9-8-. The second-order valence-corrected chi connectivity index (χ2v) is 3.04. The minimum atomic E-state index is 0.0754. The van der Waals surface area contributed by atoms with Crippen molar-refractivity contribution in [3.05, 3.63) is 42.3 Å². The van der Waals surface area contributed by atoms with Crippen LogP contribution in [0.3, 0.4) is 0 Å². The van der Waals surface area contributed by atoms with Gasteiger partial charge in [-0.3, -0.25) is 4.79 Å². The third kappa shape index (κ3) is 3.85. The number of hydrogen-bond acceptors (Lipinski definition) is 3. The Kier molecular flexibility index (Phi) is 4.41. The molecule has 3 heteroatoms. The molecule has 3 nitrogen and oxygen atoms in total. The average Bonchev–Trinajstić information content (AvgIpc) is 2.25. The van der Waals surface area contributed by atoms with Crippen LogP contribution < -0.4 is 5.32 Å². The normalized spacial score (nSPS) is 10.3. The Balaban J connectivity index is 2.53. The van der Waals surface area contributed by atoms with Crippen molar-refractivity contribution in [3.8, 4) is 0 Å². The first-order valence-electron chi connectivity index (χ1n) is 4.88. The molecule has 0 amide bonds. The molecule has 0 radical (unpaired) electrons. The predicted molar refractivity (Wildman–Crippen MR) is 60.8 cm³/mol. The van der Waals surface area contributed by atoms with Crippen LogP contribution in [-0.2, 0) is 4.74 Å². The number of nitrogens with one attached hydrogen (secondary N) is 1. The van der Waals surface area contributed by atoms with Crippen LogP contribution in [0.25, 0.3) is 0 Å². The van der Waals surface area contributed by atoms with Gasteiger partial charge in [0.25, 0.3) is 0 Å². The van der Waals surface area contributed by atoms with Gasteiger partial charge in [0, 0.05) is 17.5 Å². The lowest BCUT2D eigenvalue weighted by Crippen LogP contribution is -1.93. The van der Waals surface area contributed by atoms with Crippen molar-refractivity contribution in [1.82, 2.24) is 0 Å². The van der Waals surface area contributed by atoms with Gasteiger partial charge in [0.15, 0.2) is 5.78 Å². The van der Waals surface area contributed by atoms with E-state index in [0.717, 1.165) is 5.69 Å². The maximum atomic E-state index is 11.0. The number of hydrogen-bond donors (Lipinski definition) is 1. The molecule has 0 bridgehead atoms. The molecule has 0 unspecified atom stereocenters. The fraction of sp³-hybridized carbons (Fsp3) is 0.250. The summed E-state index contributed by atoms with van der Waals surface area (Å²) in [5.41, 5.74) is 1.64. The van der Waals surface area contributed by atoms with Crippen LogP contribution in [0.1, 0.15) is 24.2 Å². The van der Waals surface area contributed by atoms with Crippen molar-refractivity contribution < 1.29 is 9.53 Å². The largest absolute Gasteiger partial charge is 0.500 e. The van der Waals surface area contributed by atoms with Gasteiger partial charge < -0.3 is 10.1 Å². The lowest BCUT2D eigenvalue weighted by atomic mass is 10.1. The van der Waals surface area contributed by atoms with Gasteiger partial charge in [-0.1, -0.05) is 0 Å². The van der Waals surface area contributed by atoms with Crippen LogP contribution in [0.5, 0.6) is 0 Å². The highest BCUT2D eigenvalue weighted by Crippen LogP contribution is 2.09. The van der Waals surface area contributed by atoms with Gasteiger partial charge in [0.05, 0.1) is 12.9 Å². The predicted octanol–water partition coefficient (Wildman–Crippen LogP) is 2.81. The van der Waals surface area contributed by atoms with Crippen molar-refractivity contribution in [2.75, 3.05) is 11.9 Å². The summed E-state index contributed by atoms with van der Waals surface area (Å²) in [5.74, 6) is 0.0754. The molecule has 0 aliphatic rings. The van der Waals surface area contributed by atoms with Crippen LogP contribution in [0.4, 0.5) is 5.69 Å². The van der Waals surface area contributed by atoms with E-state index in [1.807, 2.05) is 19.1 Å². The van der Waals surface area contributed by atoms with Crippen LogP contribution in [0.15, 0.2) is 36.7 Å². The number of carbonyl (C=O) groups excluding carboxylic acids is 1. The first-order chi connectivity index (χ1) is 7.24. The Hall–Kier alpha value is -1.77. The molecule has 1 N–H and O–H groups in total.